The molecule has 0 aliphatic rings. The molecule has 0 unspecified atom stereocenters. The molecule has 0 saturated heterocycles. The fraction of sp³-hybridized carbons (Fsp3) is 0.600. The molecule has 0 heterocycles. The molecule has 0 aromatic carbocycles. The summed E-state index contributed by atoms with van der Waals surface area (Å²) in [5.74, 6) is 0. The van der Waals surface area contributed by atoms with Crippen LogP contribution >= 0.6 is 37.2 Å². The molecule has 0 saturated carbocycles. The minimum atomic E-state index is 0.455. The molecule has 0 aromatic rings. The van der Waals surface area contributed by atoms with Crippen molar-refractivity contribution < 1.29 is 10.0 Å². The second kappa shape index (κ2) is 10.4. The first-order chi connectivity index (χ1) is 5.22. The Morgan fingerprint density at radius 2 is 1.73 bits per heavy atom. The highest BCUT2D eigenvalue weighted by molar-refractivity contribution is 15.0. The Hall–Kier alpha value is 0.400. The van der Waals surface area contributed by atoms with Crippen molar-refractivity contribution in [1.29, 1.82) is 0 Å². The van der Waals surface area contributed by atoms with E-state index in [1.54, 1.807) is 13.8 Å². The lowest BCUT2D eigenvalue weighted by Crippen LogP contribution is -2.05. The lowest BCUT2D eigenvalue weighted by atomic mass is 10.3. The van der Waals surface area contributed by atoms with E-state index < -0.39 is 0 Å². The fourth-order valence-electron chi connectivity index (χ4n) is 0.275. The van der Waals surface area contributed by atoms with Gasteiger partial charge in [0.25, 0.3) is 0 Å². The van der Waals surface area contributed by atoms with E-state index in [1.807, 2.05) is 0 Å². The molecular formula is C5H10I2N2O2. The summed E-state index contributed by atoms with van der Waals surface area (Å²) in [5, 5.41) is 14.6. The van der Waals surface area contributed by atoms with Gasteiger partial charge in [-0.25, -0.2) is 0 Å². The van der Waals surface area contributed by atoms with Gasteiger partial charge in [0.05, 0.1) is 0 Å². The summed E-state index contributed by atoms with van der Waals surface area (Å²) in [6.45, 7) is 3.33. The van der Waals surface area contributed by atoms with Crippen LogP contribution in [0.4, 0.5) is 0 Å². The minimum Gasteiger partial charge on any atom is -0.411 e. The topological polar surface area (TPSA) is 54.2 Å². The van der Waals surface area contributed by atoms with Crippen LogP contribution in [0.25, 0.3) is 0 Å². The van der Waals surface area contributed by atoms with Gasteiger partial charge >= 0.3 is 0 Å². The van der Waals surface area contributed by atoms with Gasteiger partial charge in [-0.15, -0.1) is 0 Å². The summed E-state index contributed by atoms with van der Waals surface area (Å²) >= 11 is 4.24. The van der Waals surface area contributed by atoms with Crippen LogP contribution in [0, 0.1) is 0 Å². The van der Waals surface area contributed by atoms with Crippen LogP contribution < -0.4 is 0 Å². The van der Waals surface area contributed by atoms with Gasteiger partial charge < -0.3 is 10.0 Å². The molecule has 1 N–H and O–H groups in total. The predicted octanol–water partition coefficient (Wildman–Crippen LogP) is 2.63. The maximum absolute atomic E-state index is 8.18. The summed E-state index contributed by atoms with van der Waals surface area (Å²) in [4.78, 5) is 4.42. The molecule has 66 valence electrons. The maximum atomic E-state index is 8.18. The quantitative estimate of drug-likeness (QED) is 0.345. The minimum absolute atomic E-state index is 0.455. The van der Waals surface area contributed by atoms with Crippen molar-refractivity contribution in [3.8, 4) is 0 Å². The summed E-state index contributed by atoms with van der Waals surface area (Å²) in [6.07, 6.45) is 0. The zero-order valence-corrected chi connectivity index (χ0v) is 10.8. The summed E-state index contributed by atoms with van der Waals surface area (Å²) in [5.41, 5.74) is 1.02. The SMILES string of the molecule is CO/N=C(C)/C(C)=N/O.II. The third-order valence-corrected chi connectivity index (χ3v) is 0.902. The van der Waals surface area contributed by atoms with Crippen LogP contribution in [0.5, 0.6) is 0 Å². The second-order valence-corrected chi connectivity index (χ2v) is 1.54. The third kappa shape index (κ3) is 8.30. The molecular weight excluding hydrogens is 374 g/mol. The molecule has 0 atom stereocenters. The molecule has 0 aromatic heterocycles. The van der Waals surface area contributed by atoms with E-state index in [-0.39, 0.29) is 0 Å². The van der Waals surface area contributed by atoms with Crippen molar-refractivity contribution in [2.24, 2.45) is 10.3 Å². The molecule has 0 fully saturated rings. The van der Waals surface area contributed by atoms with E-state index in [4.69, 9.17) is 5.21 Å². The zero-order valence-electron chi connectivity index (χ0n) is 6.51. The molecule has 0 rings (SSSR count). The number of halogens is 2. The van der Waals surface area contributed by atoms with Gasteiger partial charge in [-0.1, -0.05) is 10.3 Å². The van der Waals surface area contributed by atoms with Crippen LogP contribution in [-0.4, -0.2) is 23.7 Å². The summed E-state index contributed by atoms with van der Waals surface area (Å²) in [7, 11) is 1.44. The van der Waals surface area contributed by atoms with Crippen molar-refractivity contribution in [2.75, 3.05) is 7.11 Å². The number of hydrogen-bond donors (Lipinski definition) is 1. The average Bonchev–Trinajstić information content (AvgIpc) is 2.07. The van der Waals surface area contributed by atoms with Gasteiger partial charge in [0.15, 0.2) is 0 Å². The first-order valence-electron chi connectivity index (χ1n) is 2.63. The molecule has 0 aliphatic carbocycles. The summed E-state index contributed by atoms with van der Waals surface area (Å²) < 4.78 is 0. The van der Waals surface area contributed by atoms with E-state index >= 15 is 0 Å². The Balaban J connectivity index is 0. The molecule has 0 radical (unpaired) electrons. The van der Waals surface area contributed by atoms with Crippen molar-refractivity contribution in [2.45, 2.75) is 13.8 Å². The standard InChI is InChI=1S/C5H10N2O2.I2/c1-4(6-8)5(2)7-9-3;1-2/h8H,1-3H3;/b6-4+,7-5+;. The Bertz CT molecular complexity index is 147. The van der Waals surface area contributed by atoms with Gasteiger partial charge in [0, 0.05) is 37.2 Å². The molecule has 4 nitrogen and oxygen atoms in total. The molecule has 11 heavy (non-hydrogen) atoms. The van der Waals surface area contributed by atoms with E-state index in [0.717, 1.165) is 0 Å². The Morgan fingerprint density at radius 1 is 1.27 bits per heavy atom. The second-order valence-electron chi connectivity index (χ2n) is 1.54. The largest absolute Gasteiger partial charge is 0.411 e. The van der Waals surface area contributed by atoms with Gasteiger partial charge in [0.2, 0.25) is 0 Å². The zero-order chi connectivity index (χ0) is 9.28. The van der Waals surface area contributed by atoms with Crippen molar-refractivity contribution in [3.63, 3.8) is 0 Å². The first-order valence-corrected chi connectivity index (χ1v) is 8.92. The smallest absolute Gasteiger partial charge is 0.106 e. The van der Waals surface area contributed by atoms with E-state index in [1.165, 1.54) is 7.11 Å². The van der Waals surface area contributed by atoms with Gasteiger partial charge in [-0.05, 0) is 13.8 Å². The van der Waals surface area contributed by atoms with E-state index in [2.05, 4.69) is 52.4 Å². The molecule has 0 aliphatic heterocycles. The van der Waals surface area contributed by atoms with Crippen LogP contribution in [-0.2, 0) is 4.84 Å². The monoisotopic (exact) mass is 384 g/mol. The van der Waals surface area contributed by atoms with Crippen molar-refractivity contribution >= 4 is 48.7 Å². The van der Waals surface area contributed by atoms with E-state index in [0.29, 0.717) is 11.4 Å². The molecule has 6 heteroatoms. The number of hydrogen-bond acceptors (Lipinski definition) is 4. The predicted molar refractivity (Wildman–Crippen MR) is 63.1 cm³/mol. The number of oxime groups is 2. The number of nitrogens with zero attached hydrogens (tertiary/aromatic N) is 2. The van der Waals surface area contributed by atoms with Crippen LogP contribution in [0.3, 0.4) is 0 Å². The molecule has 0 amide bonds. The highest BCUT2D eigenvalue weighted by atomic mass is 128. The van der Waals surface area contributed by atoms with Crippen LogP contribution in [0.2, 0.25) is 0 Å². The normalized spacial score (nSPS) is 11.7. The van der Waals surface area contributed by atoms with E-state index in [9.17, 15) is 0 Å². The Labute approximate surface area is 89.4 Å². The molecule has 0 spiro atoms. The Kier molecular flexibility index (Phi) is 13.2. The number of rotatable bonds is 2. The van der Waals surface area contributed by atoms with Crippen LogP contribution in [0.1, 0.15) is 13.8 Å². The Morgan fingerprint density at radius 3 is 2.00 bits per heavy atom. The summed E-state index contributed by atoms with van der Waals surface area (Å²) in [6, 6.07) is 0. The van der Waals surface area contributed by atoms with Crippen LogP contribution in [0.15, 0.2) is 10.3 Å². The molecule has 0 bridgehead atoms. The van der Waals surface area contributed by atoms with Gasteiger partial charge in [-0.2, -0.15) is 0 Å². The highest BCUT2D eigenvalue weighted by Gasteiger charge is 1.94. The van der Waals surface area contributed by atoms with Crippen molar-refractivity contribution in [3.05, 3.63) is 0 Å². The lowest BCUT2D eigenvalue weighted by Gasteiger charge is -1.92. The van der Waals surface area contributed by atoms with Crippen molar-refractivity contribution in [1.82, 2.24) is 0 Å². The maximum Gasteiger partial charge on any atom is 0.106 e. The highest BCUT2D eigenvalue weighted by Crippen LogP contribution is 1.89. The lowest BCUT2D eigenvalue weighted by molar-refractivity contribution is 0.214. The first kappa shape index (κ1) is 14.0. The van der Waals surface area contributed by atoms with Gasteiger partial charge in [0.1, 0.15) is 18.5 Å². The third-order valence-electron chi connectivity index (χ3n) is 0.902. The fourth-order valence-corrected chi connectivity index (χ4v) is 0.275. The average molecular weight is 384 g/mol. The van der Waals surface area contributed by atoms with Gasteiger partial charge in [-0.3, -0.25) is 0 Å².